The van der Waals surface area contributed by atoms with Crippen LogP contribution < -0.4 is 15.8 Å². The third-order valence-electron chi connectivity index (χ3n) is 1.99. The van der Waals surface area contributed by atoms with E-state index in [9.17, 15) is 0 Å². The van der Waals surface area contributed by atoms with Gasteiger partial charge in [-0.15, -0.1) is 0 Å². The Morgan fingerprint density at radius 3 is 2.78 bits per heavy atom. The van der Waals surface area contributed by atoms with E-state index in [1.165, 1.54) is 7.11 Å². The number of hydrogen-bond donors (Lipinski definition) is 2. The van der Waals surface area contributed by atoms with Gasteiger partial charge in [0, 0.05) is 3.57 Å². The lowest BCUT2D eigenvalue weighted by Crippen LogP contribution is -2.05. The minimum Gasteiger partial charge on any atom is -0.467 e. The molecule has 0 bridgehead atoms. The zero-order chi connectivity index (χ0) is 13.1. The third kappa shape index (κ3) is 3.10. The number of nitrogen functional groups attached to an aromatic ring is 1. The van der Waals surface area contributed by atoms with E-state index in [0.717, 1.165) is 3.57 Å². The summed E-state index contributed by atoms with van der Waals surface area (Å²) < 4.78 is 5.94. The molecule has 0 spiro atoms. The number of nitrogens with two attached hydrogens (primary N) is 1. The maximum absolute atomic E-state index is 6.09. The first-order chi connectivity index (χ1) is 8.58. The Balaban J connectivity index is 2.30. The molecule has 1 aromatic carbocycles. The molecule has 6 nitrogen and oxygen atoms in total. The van der Waals surface area contributed by atoms with Crippen LogP contribution in [0.3, 0.4) is 0 Å². The molecule has 18 heavy (non-hydrogen) atoms. The molecule has 1 aromatic heterocycles. The molecule has 0 fully saturated rings. The van der Waals surface area contributed by atoms with Gasteiger partial charge in [0.25, 0.3) is 0 Å². The monoisotopic (exact) mass is 377 g/mol. The Kier molecular flexibility index (Phi) is 4.02. The summed E-state index contributed by atoms with van der Waals surface area (Å²) in [5.41, 5.74) is 6.22. The molecule has 0 aliphatic rings. The molecule has 0 atom stereocenters. The number of rotatable bonds is 3. The van der Waals surface area contributed by atoms with Crippen molar-refractivity contribution < 1.29 is 4.74 Å². The molecule has 0 saturated carbocycles. The van der Waals surface area contributed by atoms with E-state index in [4.69, 9.17) is 22.1 Å². The van der Waals surface area contributed by atoms with Crippen LogP contribution in [0.15, 0.2) is 18.2 Å². The Bertz CT molecular complexity index is 580. The number of anilines is 3. The molecule has 0 aliphatic heterocycles. The average Bonchev–Trinajstić information content (AvgIpc) is 2.32. The lowest BCUT2D eigenvalue weighted by atomic mass is 10.3. The van der Waals surface area contributed by atoms with E-state index >= 15 is 0 Å². The van der Waals surface area contributed by atoms with Crippen molar-refractivity contribution in [1.82, 2.24) is 15.0 Å². The van der Waals surface area contributed by atoms with Gasteiger partial charge in [0.1, 0.15) is 0 Å². The van der Waals surface area contributed by atoms with Gasteiger partial charge in [0.05, 0.1) is 17.8 Å². The molecule has 2 aromatic rings. The van der Waals surface area contributed by atoms with Gasteiger partial charge in [-0.1, -0.05) is 11.6 Å². The van der Waals surface area contributed by atoms with Crippen LogP contribution in [0.5, 0.6) is 6.01 Å². The van der Waals surface area contributed by atoms with E-state index in [-0.39, 0.29) is 17.9 Å². The van der Waals surface area contributed by atoms with Gasteiger partial charge >= 0.3 is 6.01 Å². The fraction of sp³-hybridized carbons (Fsp3) is 0.100. The molecule has 0 aliphatic carbocycles. The van der Waals surface area contributed by atoms with Gasteiger partial charge in [-0.05, 0) is 40.8 Å². The molecular weight excluding hydrogens is 369 g/mol. The lowest BCUT2D eigenvalue weighted by molar-refractivity contribution is 0.380. The Hall–Kier alpha value is -1.35. The third-order valence-corrected chi connectivity index (χ3v) is 2.98. The summed E-state index contributed by atoms with van der Waals surface area (Å²) >= 11 is 8.27. The lowest BCUT2D eigenvalue weighted by Gasteiger charge is -2.08. The first-order valence-electron chi connectivity index (χ1n) is 4.86. The average molecular weight is 378 g/mol. The minimum absolute atomic E-state index is 0.0750. The molecule has 8 heteroatoms. The molecule has 0 unspecified atom stereocenters. The van der Waals surface area contributed by atoms with E-state index in [1.54, 1.807) is 0 Å². The second-order valence-corrected chi connectivity index (χ2v) is 4.91. The van der Waals surface area contributed by atoms with Crippen molar-refractivity contribution >= 4 is 51.8 Å². The fourth-order valence-electron chi connectivity index (χ4n) is 1.23. The second-order valence-electron chi connectivity index (χ2n) is 3.25. The minimum atomic E-state index is 0.0750. The number of benzene rings is 1. The van der Waals surface area contributed by atoms with Gasteiger partial charge in [0.15, 0.2) is 0 Å². The van der Waals surface area contributed by atoms with Crippen molar-refractivity contribution in [1.29, 1.82) is 0 Å². The van der Waals surface area contributed by atoms with Crippen molar-refractivity contribution in [2.24, 2.45) is 0 Å². The van der Waals surface area contributed by atoms with Gasteiger partial charge < -0.3 is 15.8 Å². The first kappa shape index (κ1) is 13.1. The molecule has 2 rings (SSSR count). The highest BCUT2D eigenvalue weighted by molar-refractivity contribution is 14.1. The highest BCUT2D eigenvalue weighted by Gasteiger charge is 2.07. The zero-order valence-electron chi connectivity index (χ0n) is 9.32. The molecule has 94 valence electrons. The zero-order valence-corrected chi connectivity index (χ0v) is 12.2. The Morgan fingerprint density at radius 2 is 2.11 bits per heavy atom. The van der Waals surface area contributed by atoms with Crippen LogP contribution in [0, 0.1) is 3.57 Å². The number of nitrogens with one attached hydrogen (secondary N) is 1. The predicted octanol–water partition coefficient (Wildman–Crippen LogP) is 2.46. The van der Waals surface area contributed by atoms with Gasteiger partial charge in [0.2, 0.25) is 11.9 Å². The van der Waals surface area contributed by atoms with Crippen LogP contribution in [0.2, 0.25) is 5.02 Å². The number of ether oxygens (including phenoxy) is 1. The standard InChI is InChI=1S/C10H9ClIN5O/c1-18-10-16-8(13)15-9(17-10)14-7-3-2-5(12)4-6(7)11/h2-4H,1H3,(H3,13,14,15,16,17). The maximum Gasteiger partial charge on any atom is 0.322 e. The van der Waals surface area contributed by atoms with Gasteiger partial charge in [-0.2, -0.15) is 15.0 Å². The summed E-state index contributed by atoms with van der Waals surface area (Å²) in [6.45, 7) is 0. The van der Waals surface area contributed by atoms with Crippen LogP contribution >= 0.6 is 34.2 Å². The van der Waals surface area contributed by atoms with E-state index in [2.05, 4.69) is 42.9 Å². The predicted molar refractivity (Wildman–Crippen MR) is 78.2 cm³/mol. The summed E-state index contributed by atoms with van der Waals surface area (Å²) in [6, 6.07) is 5.71. The smallest absolute Gasteiger partial charge is 0.322 e. The largest absolute Gasteiger partial charge is 0.467 e. The highest BCUT2D eigenvalue weighted by Crippen LogP contribution is 2.26. The summed E-state index contributed by atoms with van der Waals surface area (Å²) in [6.07, 6.45) is 0. The normalized spacial score (nSPS) is 10.2. The number of aromatic nitrogens is 3. The molecular formula is C10H9ClIN5O. The topological polar surface area (TPSA) is 86.0 Å². The molecule has 0 saturated heterocycles. The SMILES string of the molecule is COc1nc(N)nc(Nc2ccc(I)cc2Cl)n1. The van der Waals surface area contributed by atoms with E-state index in [0.29, 0.717) is 10.7 Å². The first-order valence-corrected chi connectivity index (χ1v) is 6.32. The summed E-state index contributed by atoms with van der Waals surface area (Å²) in [4.78, 5) is 11.7. The fourth-order valence-corrected chi connectivity index (χ4v) is 2.13. The number of hydrogen-bond acceptors (Lipinski definition) is 6. The van der Waals surface area contributed by atoms with Crippen LogP contribution in [-0.4, -0.2) is 22.1 Å². The molecule has 3 N–H and O–H groups in total. The molecule has 0 amide bonds. The number of halogens is 2. The van der Waals surface area contributed by atoms with Crippen molar-refractivity contribution in [2.75, 3.05) is 18.2 Å². The van der Waals surface area contributed by atoms with Crippen LogP contribution in [0.4, 0.5) is 17.6 Å². The summed E-state index contributed by atoms with van der Waals surface area (Å²) in [5.74, 6) is 0.355. The summed E-state index contributed by atoms with van der Waals surface area (Å²) in [5, 5.41) is 3.53. The van der Waals surface area contributed by atoms with Crippen LogP contribution in [-0.2, 0) is 0 Å². The highest BCUT2D eigenvalue weighted by atomic mass is 127. The van der Waals surface area contributed by atoms with Crippen molar-refractivity contribution in [3.05, 3.63) is 26.8 Å². The van der Waals surface area contributed by atoms with Crippen molar-refractivity contribution in [3.63, 3.8) is 0 Å². The quantitative estimate of drug-likeness (QED) is 0.799. The number of methoxy groups -OCH3 is 1. The summed E-state index contributed by atoms with van der Waals surface area (Å²) in [7, 11) is 1.45. The van der Waals surface area contributed by atoms with Crippen LogP contribution in [0.25, 0.3) is 0 Å². The van der Waals surface area contributed by atoms with Gasteiger partial charge in [-0.25, -0.2) is 0 Å². The molecule has 1 heterocycles. The Morgan fingerprint density at radius 1 is 1.33 bits per heavy atom. The molecule has 0 radical (unpaired) electrons. The Labute approximate surface area is 122 Å². The van der Waals surface area contributed by atoms with Crippen LogP contribution in [0.1, 0.15) is 0 Å². The second kappa shape index (κ2) is 5.53. The maximum atomic E-state index is 6.09. The number of nitrogens with zero attached hydrogens (tertiary/aromatic N) is 3. The van der Waals surface area contributed by atoms with Crippen molar-refractivity contribution in [3.8, 4) is 6.01 Å². The van der Waals surface area contributed by atoms with E-state index < -0.39 is 0 Å². The van der Waals surface area contributed by atoms with Gasteiger partial charge in [-0.3, -0.25) is 0 Å². The van der Waals surface area contributed by atoms with E-state index in [1.807, 2.05) is 18.2 Å². The van der Waals surface area contributed by atoms with Crippen molar-refractivity contribution in [2.45, 2.75) is 0 Å².